The van der Waals surface area contributed by atoms with Gasteiger partial charge in [0.05, 0.1) is 11.5 Å². The highest BCUT2D eigenvalue weighted by Gasteiger charge is 2.31. The van der Waals surface area contributed by atoms with Gasteiger partial charge in [0.15, 0.2) is 6.10 Å². The number of ether oxygens (including phenoxy) is 2. The summed E-state index contributed by atoms with van der Waals surface area (Å²) in [5.74, 6) is -1.00. The second-order valence-corrected chi connectivity index (χ2v) is 6.99. The smallest absolute Gasteiger partial charge is 0.347 e. The van der Waals surface area contributed by atoms with Crippen LogP contribution >= 0.6 is 0 Å². The Bertz CT molecular complexity index is 729. The largest absolute Gasteiger partial charge is 0.481 e. The Balaban J connectivity index is 2.03. The van der Waals surface area contributed by atoms with Crippen molar-refractivity contribution < 1.29 is 32.6 Å². The van der Waals surface area contributed by atoms with Crippen molar-refractivity contribution in [2.24, 2.45) is 0 Å². The zero-order valence-electron chi connectivity index (χ0n) is 13.1. The van der Waals surface area contributed by atoms with Crippen molar-refractivity contribution in [3.8, 4) is 5.75 Å². The number of fused-ring (bicyclic) bond motifs is 1. The van der Waals surface area contributed by atoms with Crippen molar-refractivity contribution >= 4 is 22.0 Å². The first kappa shape index (κ1) is 18.2. The minimum atomic E-state index is -3.74. The normalized spacial score (nSPS) is 16.3. The molecule has 9 heteroatoms. The summed E-state index contributed by atoms with van der Waals surface area (Å²) in [6, 6.07) is 4.33. The third kappa shape index (κ3) is 4.45. The highest BCUT2D eigenvalue weighted by Crippen LogP contribution is 2.31. The van der Waals surface area contributed by atoms with Gasteiger partial charge in [-0.25, -0.2) is 17.9 Å². The molecule has 1 aliphatic heterocycles. The van der Waals surface area contributed by atoms with Gasteiger partial charge in [-0.15, -0.1) is 0 Å². The van der Waals surface area contributed by atoms with Gasteiger partial charge in [0.1, 0.15) is 5.75 Å². The van der Waals surface area contributed by atoms with Crippen LogP contribution in [0.2, 0.25) is 0 Å². The van der Waals surface area contributed by atoms with Crippen LogP contribution in [0, 0.1) is 0 Å². The van der Waals surface area contributed by atoms with Crippen LogP contribution in [0.3, 0.4) is 0 Å². The fraction of sp³-hybridized carbons (Fsp3) is 0.467. The van der Waals surface area contributed by atoms with Gasteiger partial charge in [-0.2, -0.15) is 0 Å². The van der Waals surface area contributed by atoms with E-state index < -0.39 is 28.1 Å². The maximum absolute atomic E-state index is 12.2. The maximum Gasteiger partial charge on any atom is 0.347 e. The topological polar surface area (TPSA) is 119 Å². The Morgan fingerprint density at radius 3 is 2.83 bits per heavy atom. The SMILES string of the molecule is CCOC(=O)C1Cc2cc(S(=O)(=O)NCCCC(=O)O)ccc2O1. The third-order valence-electron chi connectivity index (χ3n) is 3.43. The highest BCUT2D eigenvalue weighted by atomic mass is 32.2. The number of benzene rings is 1. The van der Waals surface area contributed by atoms with E-state index in [9.17, 15) is 18.0 Å². The summed E-state index contributed by atoms with van der Waals surface area (Å²) in [4.78, 5) is 22.2. The van der Waals surface area contributed by atoms with Crippen LogP contribution in [0.4, 0.5) is 0 Å². The molecule has 0 radical (unpaired) electrons. The Labute approximate surface area is 139 Å². The van der Waals surface area contributed by atoms with Gasteiger partial charge in [0.2, 0.25) is 10.0 Å². The van der Waals surface area contributed by atoms with Gasteiger partial charge in [0.25, 0.3) is 0 Å². The first-order chi connectivity index (χ1) is 11.3. The molecule has 1 aromatic rings. The van der Waals surface area contributed by atoms with Gasteiger partial charge >= 0.3 is 11.9 Å². The van der Waals surface area contributed by atoms with Crippen molar-refractivity contribution in [2.75, 3.05) is 13.2 Å². The minimum Gasteiger partial charge on any atom is -0.481 e. The van der Waals surface area contributed by atoms with Crippen LogP contribution in [0.25, 0.3) is 0 Å². The lowest BCUT2D eigenvalue weighted by atomic mass is 10.1. The van der Waals surface area contributed by atoms with Crippen LogP contribution in [-0.2, 0) is 30.8 Å². The predicted octanol–water partition coefficient (Wildman–Crippen LogP) is 0.696. The van der Waals surface area contributed by atoms with E-state index in [0.29, 0.717) is 11.3 Å². The average Bonchev–Trinajstić information content (AvgIpc) is 2.95. The number of hydrogen-bond donors (Lipinski definition) is 2. The molecule has 0 fully saturated rings. The van der Waals surface area contributed by atoms with E-state index in [0.717, 1.165) is 0 Å². The number of esters is 1. The number of rotatable bonds is 8. The monoisotopic (exact) mass is 357 g/mol. The molecule has 132 valence electrons. The molecule has 2 N–H and O–H groups in total. The van der Waals surface area contributed by atoms with E-state index in [1.165, 1.54) is 18.2 Å². The van der Waals surface area contributed by atoms with Crippen LogP contribution < -0.4 is 9.46 Å². The molecule has 2 rings (SSSR count). The Hall–Kier alpha value is -2.13. The summed E-state index contributed by atoms with van der Waals surface area (Å²) in [5.41, 5.74) is 0.612. The zero-order valence-corrected chi connectivity index (χ0v) is 14.0. The highest BCUT2D eigenvalue weighted by molar-refractivity contribution is 7.89. The molecule has 1 heterocycles. The van der Waals surface area contributed by atoms with Crippen molar-refractivity contribution in [1.29, 1.82) is 0 Å². The molecular weight excluding hydrogens is 338 g/mol. The molecule has 0 saturated carbocycles. The lowest BCUT2D eigenvalue weighted by molar-refractivity contribution is -0.150. The van der Waals surface area contributed by atoms with E-state index >= 15 is 0 Å². The summed E-state index contributed by atoms with van der Waals surface area (Å²) in [6.45, 7) is 1.98. The molecule has 8 nitrogen and oxygen atoms in total. The molecule has 24 heavy (non-hydrogen) atoms. The number of carbonyl (C=O) groups excluding carboxylic acids is 1. The van der Waals surface area contributed by atoms with Crippen molar-refractivity contribution in [3.05, 3.63) is 23.8 Å². The fourth-order valence-electron chi connectivity index (χ4n) is 2.29. The number of nitrogens with one attached hydrogen (secondary N) is 1. The average molecular weight is 357 g/mol. The lowest BCUT2D eigenvalue weighted by Gasteiger charge is -2.08. The number of aliphatic carboxylic acids is 1. The fourth-order valence-corrected chi connectivity index (χ4v) is 3.41. The van der Waals surface area contributed by atoms with E-state index in [2.05, 4.69) is 4.72 Å². The first-order valence-corrected chi connectivity index (χ1v) is 8.99. The van der Waals surface area contributed by atoms with Crippen LogP contribution in [0.5, 0.6) is 5.75 Å². The molecule has 0 bridgehead atoms. The molecule has 0 aromatic heterocycles. The van der Waals surface area contributed by atoms with Crippen LogP contribution in [-0.4, -0.2) is 44.7 Å². The minimum absolute atomic E-state index is 0.0354. The van der Waals surface area contributed by atoms with Gasteiger partial charge in [0, 0.05) is 19.4 Å². The van der Waals surface area contributed by atoms with Crippen molar-refractivity contribution in [2.45, 2.75) is 37.2 Å². The van der Waals surface area contributed by atoms with E-state index in [-0.39, 0.29) is 37.3 Å². The molecule has 0 amide bonds. The number of sulfonamides is 1. The molecule has 0 spiro atoms. The van der Waals surface area contributed by atoms with Crippen LogP contribution in [0.1, 0.15) is 25.3 Å². The zero-order chi connectivity index (χ0) is 17.7. The summed E-state index contributed by atoms with van der Waals surface area (Å²) < 4.78 is 37.1. The molecule has 1 unspecified atom stereocenters. The summed E-state index contributed by atoms with van der Waals surface area (Å²) in [5, 5.41) is 8.54. The quantitative estimate of drug-likeness (QED) is 0.519. The third-order valence-corrected chi connectivity index (χ3v) is 4.88. The van der Waals surface area contributed by atoms with E-state index in [4.69, 9.17) is 14.6 Å². The second kappa shape index (κ2) is 7.63. The van der Waals surface area contributed by atoms with Gasteiger partial charge in [-0.1, -0.05) is 0 Å². The van der Waals surface area contributed by atoms with Crippen molar-refractivity contribution in [3.63, 3.8) is 0 Å². The van der Waals surface area contributed by atoms with Gasteiger partial charge in [-0.05, 0) is 37.1 Å². The van der Waals surface area contributed by atoms with Crippen molar-refractivity contribution in [1.82, 2.24) is 4.72 Å². The standard InChI is InChI=1S/C15H19NO7S/c1-2-22-15(19)13-9-10-8-11(5-6-12(10)23-13)24(20,21)16-7-3-4-14(17)18/h5-6,8,13,16H,2-4,7,9H2,1H3,(H,17,18). The summed E-state index contributed by atoms with van der Waals surface area (Å²) in [7, 11) is -3.74. The van der Waals surface area contributed by atoms with Gasteiger partial charge < -0.3 is 14.6 Å². The summed E-state index contributed by atoms with van der Waals surface area (Å²) >= 11 is 0. The van der Waals surface area contributed by atoms with E-state index in [1.807, 2.05) is 0 Å². The maximum atomic E-state index is 12.2. The molecule has 1 atom stereocenters. The lowest BCUT2D eigenvalue weighted by Crippen LogP contribution is -2.27. The van der Waals surface area contributed by atoms with Gasteiger partial charge in [-0.3, -0.25) is 4.79 Å². The molecule has 0 saturated heterocycles. The number of carboxylic acid groups (broad SMARTS) is 1. The second-order valence-electron chi connectivity index (χ2n) is 5.23. The molecular formula is C15H19NO7S. The Morgan fingerprint density at radius 2 is 2.17 bits per heavy atom. The predicted molar refractivity (Wildman–Crippen MR) is 83.3 cm³/mol. The Kier molecular flexibility index (Phi) is 5.79. The van der Waals surface area contributed by atoms with Crippen LogP contribution in [0.15, 0.2) is 23.1 Å². The number of carboxylic acids is 1. The Morgan fingerprint density at radius 1 is 1.42 bits per heavy atom. The summed E-state index contributed by atoms with van der Waals surface area (Å²) in [6.07, 6.45) is -0.423. The number of hydrogen-bond acceptors (Lipinski definition) is 6. The molecule has 1 aliphatic rings. The molecule has 1 aromatic carbocycles. The molecule has 0 aliphatic carbocycles. The first-order valence-electron chi connectivity index (χ1n) is 7.51. The van der Waals surface area contributed by atoms with E-state index in [1.54, 1.807) is 6.92 Å². The number of carbonyl (C=O) groups is 2.